The van der Waals surface area contributed by atoms with Crippen molar-refractivity contribution in [2.45, 2.75) is 13.0 Å². The molecule has 1 atom stereocenters. The summed E-state index contributed by atoms with van der Waals surface area (Å²) in [6.45, 7) is 1.44. The average Bonchev–Trinajstić information content (AvgIpc) is 2.55. The second-order valence-corrected chi connectivity index (χ2v) is 4.78. The minimum absolute atomic E-state index is 0.299. The number of methoxy groups -OCH3 is 1. The van der Waals surface area contributed by atoms with Crippen molar-refractivity contribution in [3.05, 3.63) is 54.1 Å². The SMILES string of the molecule is COc1ccccc1NC(=O)c1ccc(OC(C)C(=O)O)cc1. The number of para-hydroxylation sites is 2. The summed E-state index contributed by atoms with van der Waals surface area (Å²) >= 11 is 0. The third-order valence-electron chi connectivity index (χ3n) is 3.13. The first-order chi connectivity index (χ1) is 11.0. The lowest BCUT2D eigenvalue weighted by molar-refractivity contribution is -0.144. The van der Waals surface area contributed by atoms with Gasteiger partial charge in [0, 0.05) is 5.56 Å². The number of carboxylic acids is 1. The minimum atomic E-state index is -1.05. The van der Waals surface area contributed by atoms with Crippen LogP contribution in [0.15, 0.2) is 48.5 Å². The lowest BCUT2D eigenvalue weighted by atomic mass is 10.2. The standard InChI is InChI=1S/C17H17NO5/c1-11(17(20)21)23-13-9-7-12(8-10-13)16(19)18-14-5-3-4-6-15(14)22-2/h3-11H,1-2H3,(H,18,19)(H,20,21). The summed E-state index contributed by atoms with van der Waals surface area (Å²) in [4.78, 5) is 23.0. The number of nitrogens with one attached hydrogen (secondary N) is 1. The summed E-state index contributed by atoms with van der Waals surface area (Å²) in [7, 11) is 1.53. The van der Waals surface area contributed by atoms with Crippen LogP contribution in [0.3, 0.4) is 0 Å². The van der Waals surface area contributed by atoms with Crippen LogP contribution in [0.4, 0.5) is 5.69 Å². The number of carbonyl (C=O) groups excluding carboxylic acids is 1. The second kappa shape index (κ2) is 7.31. The van der Waals surface area contributed by atoms with E-state index in [4.69, 9.17) is 14.6 Å². The van der Waals surface area contributed by atoms with Crippen molar-refractivity contribution in [3.8, 4) is 11.5 Å². The first-order valence-corrected chi connectivity index (χ1v) is 6.95. The monoisotopic (exact) mass is 315 g/mol. The molecule has 0 aliphatic heterocycles. The largest absolute Gasteiger partial charge is 0.495 e. The molecule has 0 saturated carbocycles. The number of carboxylic acid groups (broad SMARTS) is 1. The number of rotatable bonds is 6. The number of amides is 1. The Hall–Kier alpha value is -3.02. The van der Waals surface area contributed by atoms with Crippen molar-refractivity contribution in [2.75, 3.05) is 12.4 Å². The second-order valence-electron chi connectivity index (χ2n) is 4.78. The van der Waals surface area contributed by atoms with Gasteiger partial charge >= 0.3 is 5.97 Å². The zero-order chi connectivity index (χ0) is 16.8. The molecule has 1 unspecified atom stereocenters. The van der Waals surface area contributed by atoms with Crippen LogP contribution in [0.5, 0.6) is 11.5 Å². The Balaban J connectivity index is 2.07. The van der Waals surface area contributed by atoms with E-state index >= 15 is 0 Å². The number of hydrogen-bond donors (Lipinski definition) is 2. The van der Waals surface area contributed by atoms with E-state index < -0.39 is 12.1 Å². The molecular formula is C17H17NO5. The summed E-state index contributed by atoms with van der Waals surface area (Å²) in [6, 6.07) is 13.3. The number of aliphatic carboxylic acids is 1. The van der Waals surface area contributed by atoms with Crippen LogP contribution in [-0.2, 0) is 4.79 Å². The number of carbonyl (C=O) groups is 2. The summed E-state index contributed by atoms with van der Waals surface area (Å²) in [5.41, 5.74) is 0.992. The molecule has 6 heteroatoms. The fourth-order valence-corrected chi connectivity index (χ4v) is 1.88. The van der Waals surface area contributed by atoms with Crippen LogP contribution in [0.2, 0.25) is 0 Å². The van der Waals surface area contributed by atoms with Gasteiger partial charge in [-0.15, -0.1) is 0 Å². The van der Waals surface area contributed by atoms with Gasteiger partial charge < -0.3 is 19.9 Å². The Morgan fingerprint density at radius 1 is 1.09 bits per heavy atom. The molecule has 1 amide bonds. The highest BCUT2D eigenvalue weighted by molar-refractivity contribution is 6.05. The number of ether oxygens (including phenoxy) is 2. The Bertz CT molecular complexity index is 696. The van der Waals surface area contributed by atoms with E-state index in [1.807, 2.05) is 6.07 Å². The first kappa shape index (κ1) is 16.4. The van der Waals surface area contributed by atoms with E-state index in [9.17, 15) is 9.59 Å². The maximum atomic E-state index is 12.2. The molecule has 23 heavy (non-hydrogen) atoms. The third kappa shape index (κ3) is 4.23. The Labute approximate surface area is 133 Å². The zero-order valence-electron chi connectivity index (χ0n) is 12.8. The van der Waals surface area contributed by atoms with E-state index in [1.165, 1.54) is 14.0 Å². The van der Waals surface area contributed by atoms with E-state index in [1.54, 1.807) is 42.5 Å². The molecule has 6 nitrogen and oxygen atoms in total. The minimum Gasteiger partial charge on any atom is -0.495 e. The molecule has 0 heterocycles. The lowest BCUT2D eigenvalue weighted by Crippen LogP contribution is -2.22. The Morgan fingerprint density at radius 2 is 1.74 bits per heavy atom. The van der Waals surface area contributed by atoms with Crippen molar-refractivity contribution < 1.29 is 24.2 Å². The molecule has 0 aliphatic rings. The summed E-state index contributed by atoms with van der Waals surface area (Å²) < 4.78 is 10.4. The van der Waals surface area contributed by atoms with Gasteiger partial charge in [-0.25, -0.2) is 4.79 Å². The summed E-state index contributed by atoms with van der Waals surface area (Å²) in [6.07, 6.45) is -0.955. The lowest BCUT2D eigenvalue weighted by Gasteiger charge is -2.12. The van der Waals surface area contributed by atoms with Crippen LogP contribution >= 0.6 is 0 Å². The van der Waals surface area contributed by atoms with Gasteiger partial charge in [0.15, 0.2) is 6.10 Å². The molecule has 0 fully saturated rings. The van der Waals surface area contributed by atoms with Crippen molar-refractivity contribution >= 4 is 17.6 Å². The van der Waals surface area contributed by atoms with Crippen LogP contribution in [0.1, 0.15) is 17.3 Å². The highest BCUT2D eigenvalue weighted by Crippen LogP contribution is 2.24. The van der Waals surface area contributed by atoms with E-state index in [2.05, 4.69) is 5.32 Å². The van der Waals surface area contributed by atoms with Gasteiger partial charge in [0.25, 0.3) is 5.91 Å². The number of anilines is 1. The molecule has 2 aromatic rings. The molecule has 2 rings (SSSR count). The molecule has 0 spiro atoms. The Morgan fingerprint density at radius 3 is 2.35 bits per heavy atom. The molecule has 0 saturated heterocycles. The molecule has 0 bridgehead atoms. The summed E-state index contributed by atoms with van der Waals surface area (Å²) in [5.74, 6) is -0.403. The molecular weight excluding hydrogens is 298 g/mol. The van der Waals surface area contributed by atoms with Crippen molar-refractivity contribution in [1.82, 2.24) is 0 Å². The third-order valence-corrected chi connectivity index (χ3v) is 3.13. The fraction of sp³-hybridized carbons (Fsp3) is 0.176. The highest BCUT2D eigenvalue weighted by Gasteiger charge is 2.13. The number of benzene rings is 2. The van der Waals surface area contributed by atoms with Crippen molar-refractivity contribution in [3.63, 3.8) is 0 Å². The Kier molecular flexibility index (Phi) is 5.19. The molecule has 2 aromatic carbocycles. The number of hydrogen-bond acceptors (Lipinski definition) is 4. The predicted molar refractivity (Wildman–Crippen MR) is 85.1 cm³/mol. The summed E-state index contributed by atoms with van der Waals surface area (Å²) in [5, 5.41) is 11.6. The van der Waals surface area contributed by atoms with E-state index in [0.717, 1.165) is 0 Å². The fourth-order valence-electron chi connectivity index (χ4n) is 1.88. The van der Waals surface area contributed by atoms with Gasteiger partial charge in [-0.2, -0.15) is 0 Å². The maximum Gasteiger partial charge on any atom is 0.344 e. The van der Waals surface area contributed by atoms with E-state index in [-0.39, 0.29) is 5.91 Å². The average molecular weight is 315 g/mol. The molecule has 120 valence electrons. The smallest absolute Gasteiger partial charge is 0.344 e. The van der Waals surface area contributed by atoms with Gasteiger partial charge in [-0.1, -0.05) is 12.1 Å². The van der Waals surface area contributed by atoms with Gasteiger partial charge in [-0.3, -0.25) is 4.79 Å². The normalized spacial score (nSPS) is 11.4. The molecule has 0 aliphatic carbocycles. The van der Waals surface area contributed by atoms with Gasteiger partial charge in [0.2, 0.25) is 0 Å². The van der Waals surface area contributed by atoms with Crippen LogP contribution < -0.4 is 14.8 Å². The van der Waals surface area contributed by atoms with Crippen LogP contribution in [0, 0.1) is 0 Å². The van der Waals surface area contributed by atoms with Gasteiger partial charge in [0.05, 0.1) is 12.8 Å². The maximum absolute atomic E-state index is 12.2. The quantitative estimate of drug-likeness (QED) is 0.856. The molecule has 0 aromatic heterocycles. The zero-order valence-corrected chi connectivity index (χ0v) is 12.8. The van der Waals surface area contributed by atoms with Crippen LogP contribution in [0.25, 0.3) is 0 Å². The van der Waals surface area contributed by atoms with Crippen molar-refractivity contribution in [1.29, 1.82) is 0 Å². The molecule has 0 radical (unpaired) electrons. The van der Waals surface area contributed by atoms with E-state index in [0.29, 0.717) is 22.7 Å². The highest BCUT2D eigenvalue weighted by atomic mass is 16.5. The van der Waals surface area contributed by atoms with Gasteiger partial charge in [0.1, 0.15) is 11.5 Å². The first-order valence-electron chi connectivity index (χ1n) is 6.95. The van der Waals surface area contributed by atoms with Crippen LogP contribution in [-0.4, -0.2) is 30.2 Å². The topological polar surface area (TPSA) is 84.9 Å². The predicted octanol–water partition coefficient (Wildman–Crippen LogP) is 2.80. The molecule has 2 N–H and O–H groups in total. The van der Waals surface area contributed by atoms with Crippen molar-refractivity contribution in [2.24, 2.45) is 0 Å². The van der Waals surface area contributed by atoms with Gasteiger partial charge in [-0.05, 0) is 43.3 Å².